The van der Waals surface area contributed by atoms with Crippen molar-refractivity contribution in [2.24, 2.45) is 5.73 Å². The lowest BCUT2D eigenvalue weighted by atomic mass is 10.1. The zero-order valence-electron chi connectivity index (χ0n) is 14.2. The van der Waals surface area contributed by atoms with E-state index in [1.165, 1.54) is 23.9 Å². The summed E-state index contributed by atoms with van der Waals surface area (Å²) in [6.45, 7) is 0. The molecule has 2 aromatic carbocycles. The SMILES string of the molecule is Cl.NC(=O)c1ccc(-c2nnc3ccc(Sc4ccc(F)cc4F)cn23)cc1. The van der Waals surface area contributed by atoms with Gasteiger partial charge in [-0.3, -0.25) is 9.20 Å². The molecule has 142 valence electrons. The number of fused-ring (bicyclic) bond motifs is 1. The van der Waals surface area contributed by atoms with E-state index >= 15 is 0 Å². The predicted octanol–water partition coefficient (Wildman–Crippen LogP) is 4.35. The van der Waals surface area contributed by atoms with Gasteiger partial charge in [0, 0.05) is 33.2 Å². The van der Waals surface area contributed by atoms with Gasteiger partial charge in [-0.15, -0.1) is 22.6 Å². The summed E-state index contributed by atoms with van der Waals surface area (Å²) in [5, 5.41) is 8.30. The van der Waals surface area contributed by atoms with E-state index in [1.807, 2.05) is 0 Å². The summed E-state index contributed by atoms with van der Waals surface area (Å²) in [7, 11) is 0. The summed E-state index contributed by atoms with van der Waals surface area (Å²) in [5.41, 5.74) is 7.03. The molecule has 2 N–H and O–H groups in total. The Bertz CT molecular complexity index is 1160. The van der Waals surface area contributed by atoms with Crippen molar-refractivity contribution < 1.29 is 13.6 Å². The van der Waals surface area contributed by atoms with Crippen LogP contribution in [0.5, 0.6) is 0 Å². The van der Waals surface area contributed by atoms with E-state index < -0.39 is 17.5 Å². The van der Waals surface area contributed by atoms with E-state index in [4.69, 9.17) is 5.73 Å². The first-order chi connectivity index (χ1) is 13.0. The molecule has 0 radical (unpaired) electrons. The molecular formula is C19H13ClF2N4OS. The molecule has 0 saturated heterocycles. The van der Waals surface area contributed by atoms with Crippen LogP contribution in [0.3, 0.4) is 0 Å². The summed E-state index contributed by atoms with van der Waals surface area (Å²) >= 11 is 1.17. The van der Waals surface area contributed by atoms with Crippen molar-refractivity contribution >= 4 is 35.7 Å². The number of carbonyl (C=O) groups excluding carboxylic acids is 1. The van der Waals surface area contributed by atoms with Crippen molar-refractivity contribution in [1.82, 2.24) is 14.6 Å². The first-order valence-electron chi connectivity index (χ1n) is 7.89. The highest BCUT2D eigenvalue weighted by atomic mass is 35.5. The number of primary amides is 1. The molecule has 2 heterocycles. The number of rotatable bonds is 4. The van der Waals surface area contributed by atoms with Crippen LogP contribution in [0.2, 0.25) is 0 Å². The normalized spacial score (nSPS) is 10.6. The number of amides is 1. The van der Waals surface area contributed by atoms with Gasteiger partial charge in [-0.25, -0.2) is 8.78 Å². The van der Waals surface area contributed by atoms with Crippen molar-refractivity contribution in [2.45, 2.75) is 9.79 Å². The van der Waals surface area contributed by atoms with E-state index in [2.05, 4.69) is 10.2 Å². The van der Waals surface area contributed by atoms with Gasteiger partial charge in [-0.1, -0.05) is 23.9 Å². The van der Waals surface area contributed by atoms with Crippen LogP contribution in [0.1, 0.15) is 10.4 Å². The largest absolute Gasteiger partial charge is 0.366 e. The highest BCUT2D eigenvalue weighted by molar-refractivity contribution is 7.99. The lowest BCUT2D eigenvalue weighted by Gasteiger charge is -2.06. The summed E-state index contributed by atoms with van der Waals surface area (Å²) in [6.07, 6.45) is 1.78. The van der Waals surface area contributed by atoms with E-state index in [0.29, 0.717) is 21.9 Å². The number of hydrogen-bond donors (Lipinski definition) is 1. The second-order valence-corrected chi connectivity index (χ2v) is 6.85. The summed E-state index contributed by atoms with van der Waals surface area (Å²) in [5.74, 6) is -1.17. The van der Waals surface area contributed by atoms with Crippen LogP contribution >= 0.6 is 24.2 Å². The molecule has 4 rings (SSSR count). The van der Waals surface area contributed by atoms with Crippen LogP contribution in [0.4, 0.5) is 8.78 Å². The second-order valence-electron chi connectivity index (χ2n) is 5.74. The van der Waals surface area contributed by atoms with Gasteiger partial charge in [0.15, 0.2) is 11.5 Å². The Morgan fingerprint density at radius 3 is 2.43 bits per heavy atom. The van der Waals surface area contributed by atoms with E-state index in [1.54, 1.807) is 47.0 Å². The zero-order chi connectivity index (χ0) is 19.0. The summed E-state index contributed by atoms with van der Waals surface area (Å²) in [6, 6.07) is 13.7. The summed E-state index contributed by atoms with van der Waals surface area (Å²) in [4.78, 5) is 12.3. The highest BCUT2D eigenvalue weighted by Gasteiger charge is 2.11. The van der Waals surface area contributed by atoms with E-state index in [0.717, 1.165) is 16.5 Å². The molecule has 0 saturated carbocycles. The minimum Gasteiger partial charge on any atom is -0.366 e. The Morgan fingerprint density at radius 2 is 1.75 bits per heavy atom. The third kappa shape index (κ3) is 3.83. The summed E-state index contributed by atoms with van der Waals surface area (Å²) < 4.78 is 28.7. The first-order valence-corrected chi connectivity index (χ1v) is 8.71. The predicted molar refractivity (Wildman–Crippen MR) is 105 cm³/mol. The molecule has 4 aromatic rings. The molecule has 9 heteroatoms. The topological polar surface area (TPSA) is 73.3 Å². The van der Waals surface area contributed by atoms with Gasteiger partial charge in [0.05, 0.1) is 0 Å². The molecule has 0 aliphatic rings. The maximum atomic E-state index is 13.9. The quantitative estimate of drug-likeness (QED) is 0.535. The smallest absolute Gasteiger partial charge is 0.248 e. The average molecular weight is 419 g/mol. The van der Waals surface area contributed by atoms with Gasteiger partial charge in [0.1, 0.15) is 11.6 Å². The molecule has 1 amide bonds. The van der Waals surface area contributed by atoms with Crippen molar-refractivity contribution in [3.05, 3.63) is 78.0 Å². The van der Waals surface area contributed by atoms with Crippen LogP contribution in [-0.4, -0.2) is 20.5 Å². The molecule has 0 fully saturated rings. The molecule has 0 aliphatic carbocycles. The number of benzene rings is 2. The molecule has 0 bridgehead atoms. The van der Waals surface area contributed by atoms with Crippen molar-refractivity contribution in [1.29, 1.82) is 0 Å². The molecule has 0 unspecified atom stereocenters. The monoisotopic (exact) mass is 418 g/mol. The van der Waals surface area contributed by atoms with Gasteiger partial charge in [0.2, 0.25) is 5.91 Å². The van der Waals surface area contributed by atoms with E-state index in [9.17, 15) is 13.6 Å². The Balaban J connectivity index is 0.00000225. The Kier molecular flexibility index (Phi) is 5.62. The minimum atomic E-state index is -0.619. The van der Waals surface area contributed by atoms with Gasteiger partial charge in [-0.05, 0) is 36.4 Å². The number of aromatic nitrogens is 3. The lowest BCUT2D eigenvalue weighted by Crippen LogP contribution is -2.10. The van der Waals surface area contributed by atoms with Crippen molar-refractivity contribution in [2.75, 3.05) is 0 Å². The molecule has 5 nitrogen and oxygen atoms in total. The fraction of sp³-hybridized carbons (Fsp3) is 0. The number of halogens is 3. The van der Waals surface area contributed by atoms with E-state index in [-0.39, 0.29) is 12.4 Å². The first kappa shape index (κ1) is 19.8. The van der Waals surface area contributed by atoms with Crippen LogP contribution in [0, 0.1) is 11.6 Å². The highest BCUT2D eigenvalue weighted by Crippen LogP contribution is 2.31. The number of carbonyl (C=O) groups is 1. The van der Waals surface area contributed by atoms with Crippen LogP contribution in [0.15, 0.2) is 70.6 Å². The average Bonchev–Trinajstić information content (AvgIpc) is 3.07. The number of nitrogens with zero attached hydrogens (tertiary/aromatic N) is 3. The second kappa shape index (κ2) is 7.95. The van der Waals surface area contributed by atoms with Gasteiger partial charge in [-0.2, -0.15) is 0 Å². The number of nitrogens with two attached hydrogens (primary N) is 1. The Labute approximate surface area is 169 Å². The standard InChI is InChI=1S/C19H12F2N4OS.ClH/c20-13-5-7-16(15(21)9-13)27-14-6-8-17-23-24-19(25(17)10-14)12-3-1-11(2-4-12)18(22)26;/h1-10H,(H2,22,26);1H. The molecule has 0 spiro atoms. The third-order valence-electron chi connectivity index (χ3n) is 3.92. The van der Waals surface area contributed by atoms with Crippen LogP contribution in [0.25, 0.3) is 17.0 Å². The zero-order valence-corrected chi connectivity index (χ0v) is 15.8. The van der Waals surface area contributed by atoms with Gasteiger partial charge < -0.3 is 5.73 Å². The number of hydrogen-bond acceptors (Lipinski definition) is 4. The van der Waals surface area contributed by atoms with Crippen molar-refractivity contribution in [3.63, 3.8) is 0 Å². The fourth-order valence-corrected chi connectivity index (χ4v) is 3.44. The maximum absolute atomic E-state index is 13.9. The van der Waals surface area contributed by atoms with Crippen molar-refractivity contribution in [3.8, 4) is 11.4 Å². The number of pyridine rings is 1. The molecular weight excluding hydrogens is 406 g/mol. The van der Waals surface area contributed by atoms with Gasteiger partial charge >= 0.3 is 0 Å². The molecule has 0 aliphatic heterocycles. The maximum Gasteiger partial charge on any atom is 0.248 e. The Morgan fingerprint density at radius 1 is 1.00 bits per heavy atom. The molecule has 28 heavy (non-hydrogen) atoms. The third-order valence-corrected chi connectivity index (χ3v) is 4.95. The molecule has 0 atom stereocenters. The fourth-order valence-electron chi connectivity index (χ4n) is 2.60. The van der Waals surface area contributed by atoms with Crippen LogP contribution < -0.4 is 5.73 Å². The minimum absolute atomic E-state index is 0. The lowest BCUT2D eigenvalue weighted by molar-refractivity contribution is 0.100. The van der Waals surface area contributed by atoms with Gasteiger partial charge in [0.25, 0.3) is 0 Å². The Hall–Kier alpha value is -2.97. The van der Waals surface area contributed by atoms with Crippen LogP contribution in [-0.2, 0) is 0 Å². The molecule has 2 aromatic heterocycles.